The Bertz CT molecular complexity index is 1030. The number of hydrazone groups is 1. The van der Waals surface area contributed by atoms with Crippen molar-refractivity contribution in [3.8, 4) is 0 Å². The molecule has 4 rings (SSSR count). The molecule has 0 saturated carbocycles. The molecule has 0 saturated heterocycles. The van der Waals surface area contributed by atoms with Gasteiger partial charge < -0.3 is 4.42 Å². The van der Waals surface area contributed by atoms with E-state index >= 15 is 0 Å². The third kappa shape index (κ3) is 3.14. The number of rotatable bonds is 4. The van der Waals surface area contributed by atoms with Crippen molar-refractivity contribution in [1.29, 1.82) is 0 Å². The molecule has 2 aromatic carbocycles. The van der Waals surface area contributed by atoms with E-state index in [2.05, 4.69) is 12.1 Å². The summed E-state index contributed by atoms with van der Waals surface area (Å²) in [7, 11) is -3.72. The Morgan fingerprint density at radius 3 is 2.35 bits per heavy atom. The first kappa shape index (κ1) is 16.6. The first-order valence-corrected chi connectivity index (χ1v) is 9.65. The van der Waals surface area contributed by atoms with Gasteiger partial charge in [0.05, 0.1) is 22.9 Å². The molecule has 132 valence electrons. The van der Waals surface area contributed by atoms with Crippen LogP contribution in [-0.2, 0) is 10.0 Å². The summed E-state index contributed by atoms with van der Waals surface area (Å²) >= 11 is 0. The standard InChI is InChI=1S/C19H17N3O3S/c20-26(23,24)16-10-8-15(9-11-16)22-18(14-5-2-1-3-6-14)13-17(21-22)19-7-4-12-25-19/h1-12,18H,13H2,(H2,20,23,24). The zero-order valence-electron chi connectivity index (χ0n) is 13.8. The summed E-state index contributed by atoms with van der Waals surface area (Å²) in [5.74, 6) is 0.731. The van der Waals surface area contributed by atoms with Crippen LogP contribution in [0.25, 0.3) is 0 Å². The van der Waals surface area contributed by atoms with E-state index in [-0.39, 0.29) is 10.9 Å². The molecular weight excluding hydrogens is 350 g/mol. The quantitative estimate of drug-likeness (QED) is 0.766. The first-order valence-electron chi connectivity index (χ1n) is 8.11. The van der Waals surface area contributed by atoms with Crippen LogP contribution >= 0.6 is 0 Å². The minimum atomic E-state index is -3.72. The highest BCUT2D eigenvalue weighted by Gasteiger charge is 2.31. The monoisotopic (exact) mass is 367 g/mol. The molecule has 1 aliphatic heterocycles. The second kappa shape index (κ2) is 6.44. The van der Waals surface area contributed by atoms with E-state index in [0.717, 1.165) is 22.7 Å². The van der Waals surface area contributed by atoms with Crippen LogP contribution in [0.3, 0.4) is 0 Å². The lowest BCUT2D eigenvalue weighted by molar-refractivity contribution is 0.556. The third-order valence-corrected chi connectivity index (χ3v) is 5.26. The van der Waals surface area contributed by atoms with Gasteiger partial charge in [0.25, 0.3) is 0 Å². The van der Waals surface area contributed by atoms with Gasteiger partial charge in [-0.2, -0.15) is 5.10 Å². The number of hydrogen-bond donors (Lipinski definition) is 1. The molecule has 0 amide bonds. The van der Waals surface area contributed by atoms with Crippen LogP contribution in [0.5, 0.6) is 0 Å². The van der Waals surface area contributed by atoms with Gasteiger partial charge in [0.15, 0.2) is 0 Å². The maximum atomic E-state index is 11.5. The van der Waals surface area contributed by atoms with Crippen molar-refractivity contribution in [3.05, 3.63) is 84.3 Å². The topological polar surface area (TPSA) is 88.9 Å². The van der Waals surface area contributed by atoms with Crippen molar-refractivity contribution in [1.82, 2.24) is 0 Å². The number of primary sulfonamides is 1. The maximum Gasteiger partial charge on any atom is 0.238 e. The summed E-state index contributed by atoms with van der Waals surface area (Å²) in [6, 6.07) is 20.2. The molecule has 0 bridgehead atoms. The molecule has 0 spiro atoms. The number of nitrogens with two attached hydrogens (primary N) is 1. The largest absolute Gasteiger partial charge is 0.463 e. The Balaban J connectivity index is 1.74. The Hall–Kier alpha value is -2.90. The van der Waals surface area contributed by atoms with Gasteiger partial charge in [0.1, 0.15) is 11.5 Å². The molecule has 2 N–H and O–H groups in total. The molecule has 3 aromatic rings. The summed E-state index contributed by atoms with van der Waals surface area (Å²) < 4.78 is 28.5. The zero-order chi connectivity index (χ0) is 18.1. The molecule has 26 heavy (non-hydrogen) atoms. The minimum absolute atomic E-state index is 0.00312. The van der Waals surface area contributed by atoms with Crippen LogP contribution in [0.2, 0.25) is 0 Å². The molecule has 2 heterocycles. The summed E-state index contributed by atoms with van der Waals surface area (Å²) in [6.45, 7) is 0. The van der Waals surface area contributed by atoms with Crippen LogP contribution in [0.1, 0.15) is 23.8 Å². The molecule has 1 aliphatic rings. The fraction of sp³-hybridized carbons (Fsp3) is 0.105. The van der Waals surface area contributed by atoms with Gasteiger partial charge in [0.2, 0.25) is 10.0 Å². The highest BCUT2D eigenvalue weighted by Crippen LogP contribution is 2.36. The second-order valence-electron chi connectivity index (χ2n) is 6.04. The Kier molecular flexibility index (Phi) is 4.10. The number of sulfonamides is 1. The van der Waals surface area contributed by atoms with Crippen LogP contribution in [-0.4, -0.2) is 14.1 Å². The van der Waals surface area contributed by atoms with E-state index < -0.39 is 10.0 Å². The number of furan rings is 1. The Morgan fingerprint density at radius 1 is 1.00 bits per heavy atom. The van der Waals surface area contributed by atoms with Crippen LogP contribution in [0.4, 0.5) is 5.69 Å². The SMILES string of the molecule is NS(=O)(=O)c1ccc(N2N=C(c3ccco3)CC2c2ccccc2)cc1. The fourth-order valence-electron chi connectivity index (χ4n) is 3.06. The third-order valence-electron chi connectivity index (χ3n) is 4.33. The van der Waals surface area contributed by atoms with Crippen molar-refractivity contribution in [3.63, 3.8) is 0 Å². The zero-order valence-corrected chi connectivity index (χ0v) is 14.6. The van der Waals surface area contributed by atoms with Crippen LogP contribution < -0.4 is 10.1 Å². The predicted molar refractivity (Wildman–Crippen MR) is 99.3 cm³/mol. The van der Waals surface area contributed by atoms with Crippen molar-refractivity contribution in [2.75, 3.05) is 5.01 Å². The van der Waals surface area contributed by atoms with Gasteiger partial charge in [0, 0.05) is 6.42 Å². The lowest BCUT2D eigenvalue weighted by Crippen LogP contribution is -2.19. The molecule has 0 aliphatic carbocycles. The van der Waals surface area contributed by atoms with E-state index in [0.29, 0.717) is 6.42 Å². The molecule has 7 heteroatoms. The van der Waals surface area contributed by atoms with Gasteiger partial charge in [-0.15, -0.1) is 0 Å². The van der Waals surface area contributed by atoms with Crippen molar-refractivity contribution < 1.29 is 12.8 Å². The molecule has 1 aromatic heterocycles. The number of benzene rings is 2. The van der Waals surface area contributed by atoms with Crippen molar-refractivity contribution in [2.45, 2.75) is 17.4 Å². The molecule has 0 fully saturated rings. The average molecular weight is 367 g/mol. The van der Waals surface area contributed by atoms with E-state index in [1.54, 1.807) is 18.4 Å². The smallest absolute Gasteiger partial charge is 0.238 e. The number of anilines is 1. The molecule has 0 radical (unpaired) electrons. The first-order chi connectivity index (χ1) is 12.5. The van der Waals surface area contributed by atoms with Gasteiger partial charge in [-0.1, -0.05) is 30.3 Å². The van der Waals surface area contributed by atoms with E-state index in [4.69, 9.17) is 14.7 Å². The molecule has 1 unspecified atom stereocenters. The highest BCUT2D eigenvalue weighted by atomic mass is 32.2. The van der Waals surface area contributed by atoms with Crippen LogP contribution in [0, 0.1) is 0 Å². The van der Waals surface area contributed by atoms with Crippen molar-refractivity contribution >= 4 is 21.4 Å². The summed E-state index contributed by atoms with van der Waals surface area (Å²) in [4.78, 5) is 0.0759. The molecule has 6 nitrogen and oxygen atoms in total. The van der Waals surface area contributed by atoms with Gasteiger partial charge in [-0.25, -0.2) is 13.6 Å². The average Bonchev–Trinajstić information content (AvgIpc) is 3.31. The molecular formula is C19H17N3O3S. The van der Waals surface area contributed by atoms with Gasteiger partial charge in [-0.05, 0) is 42.0 Å². The van der Waals surface area contributed by atoms with Gasteiger partial charge in [-0.3, -0.25) is 5.01 Å². The summed E-state index contributed by atoms with van der Waals surface area (Å²) in [6.07, 6.45) is 2.31. The fourth-order valence-corrected chi connectivity index (χ4v) is 3.58. The van der Waals surface area contributed by atoms with E-state index in [9.17, 15) is 8.42 Å². The normalized spacial score (nSPS) is 17.3. The maximum absolute atomic E-state index is 11.5. The molecule has 1 atom stereocenters. The minimum Gasteiger partial charge on any atom is -0.463 e. The Labute approximate surface area is 151 Å². The lowest BCUT2D eigenvalue weighted by Gasteiger charge is -2.24. The number of nitrogens with zero attached hydrogens (tertiary/aromatic N) is 2. The van der Waals surface area contributed by atoms with Gasteiger partial charge >= 0.3 is 0 Å². The van der Waals surface area contributed by atoms with E-state index in [1.165, 1.54) is 12.1 Å². The Morgan fingerprint density at radius 2 is 1.73 bits per heavy atom. The van der Waals surface area contributed by atoms with E-state index in [1.807, 2.05) is 35.3 Å². The lowest BCUT2D eigenvalue weighted by atomic mass is 10.0. The van der Waals surface area contributed by atoms with Crippen molar-refractivity contribution in [2.24, 2.45) is 10.2 Å². The number of hydrogen-bond acceptors (Lipinski definition) is 5. The summed E-state index contributed by atoms with van der Waals surface area (Å²) in [5.41, 5.74) is 2.75. The summed E-state index contributed by atoms with van der Waals surface area (Å²) in [5, 5.41) is 11.8. The van der Waals surface area contributed by atoms with Crippen LogP contribution in [0.15, 0.2) is 87.4 Å². The second-order valence-corrected chi connectivity index (χ2v) is 7.60. The predicted octanol–water partition coefficient (Wildman–Crippen LogP) is 3.28. The highest BCUT2D eigenvalue weighted by molar-refractivity contribution is 7.89.